The van der Waals surface area contributed by atoms with Gasteiger partial charge in [-0.05, 0) is 36.5 Å². The third kappa shape index (κ3) is 2.06. The van der Waals surface area contributed by atoms with E-state index in [2.05, 4.69) is 12.2 Å². The molecule has 0 heterocycles. The van der Waals surface area contributed by atoms with Crippen LogP contribution in [0.3, 0.4) is 0 Å². The number of nitrogens with two attached hydrogens (primary N) is 1. The molecule has 0 aliphatic carbocycles. The SMILES string of the molecule is NC(=S)N(Cl)c1ccc(F)cc1. The molecule has 0 bridgehead atoms. The van der Waals surface area contributed by atoms with Crippen molar-refractivity contribution in [1.29, 1.82) is 0 Å². The Bertz CT molecular complexity index is 288. The Morgan fingerprint density at radius 1 is 1.42 bits per heavy atom. The highest BCUT2D eigenvalue weighted by Crippen LogP contribution is 2.16. The first-order chi connectivity index (χ1) is 5.61. The van der Waals surface area contributed by atoms with Crippen molar-refractivity contribution in [1.82, 2.24) is 0 Å². The van der Waals surface area contributed by atoms with Crippen LogP contribution in [0, 0.1) is 5.82 Å². The van der Waals surface area contributed by atoms with E-state index in [-0.39, 0.29) is 10.9 Å². The van der Waals surface area contributed by atoms with Crippen molar-refractivity contribution >= 4 is 34.8 Å². The van der Waals surface area contributed by atoms with Gasteiger partial charge in [-0.3, -0.25) is 0 Å². The molecule has 0 unspecified atom stereocenters. The Kier molecular flexibility index (Phi) is 2.83. The van der Waals surface area contributed by atoms with E-state index in [9.17, 15) is 4.39 Å². The second-order valence-corrected chi connectivity index (χ2v) is 2.85. The van der Waals surface area contributed by atoms with Gasteiger partial charge in [0, 0.05) is 11.8 Å². The van der Waals surface area contributed by atoms with Crippen LogP contribution in [0.4, 0.5) is 10.1 Å². The van der Waals surface area contributed by atoms with E-state index >= 15 is 0 Å². The van der Waals surface area contributed by atoms with Crippen molar-refractivity contribution < 1.29 is 4.39 Å². The fourth-order valence-corrected chi connectivity index (χ4v) is 0.917. The molecule has 64 valence electrons. The van der Waals surface area contributed by atoms with Crippen LogP contribution in [0.1, 0.15) is 0 Å². The van der Waals surface area contributed by atoms with E-state index in [1.54, 1.807) is 0 Å². The summed E-state index contributed by atoms with van der Waals surface area (Å²) in [6.07, 6.45) is 0. The molecule has 1 aromatic rings. The number of benzene rings is 1. The maximum absolute atomic E-state index is 12.4. The van der Waals surface area contributed by atoms with E-state index in [0.717, 1.165) is 4.42 Å². The summed E-state index contributed by atoms with van der Waals surface area (Å²) in [5.74, 6) is -0.327. The highest BCUT2D eigenvalue weighted by atomic mass is 35.5. The minimum atomic E-state index is -0.327. The smallest absolute Gasteiger partial charge is 0.185 e. The van der Waals surface area contributed by atoms with Crippen LogP contribution in [0.15, 0.2) is 24.3 Å². The lowest BCUT2D eigenvalue weighted by atomic mass is 10.3. The molecule has 1 rings (SSSR count). The molecule has 0 spiro atoms. The van der Waals surface area contributed by atoms with Crippen LogP contribution < -0.4 is 10.2 Å². The van der Waals surface area contributed by atoms with Gasteiger partial charge in [0.05, 0.1) is 5.69 Å². The maximum Gasteiger partial charge on any atom is 0.185 e. The van der Waals surface area contributed by atoms with E-state index in [0.29, 0.717) is 5.69 Å². The number of thiocarbonyl (C=S) groups is 1. The number of rotatable bonds is 1. The first-order valence-corrected chi connectivity index (χ1v) is 3.87. The van der Waals surface area contributed by atoms with Crippen LogP contribution >= 0.6 is 24.0 Å². The van der Waals surface area contributed by atoms with Gasteiger partial charge in [-0.2, -0.15) is 0 Å². The molecule has 0 amide bonds. The molecule has 2 N–H and O–H groups in total. The van der Waals surface area contributed by atoms with E-state index in [1.807, 2.05) is 0 Å². The number of halogens is 2. The standard InChI is InChI=1S/C7H6ClFN2S/c8-11(7(10)12)6-3-1-5(9)2-4-6/h1-4H,(H2,10,12). The lowest BCUT2D eigenvalue weighted by molar-refractivity contribution is 0.628. The lowest BCUT2D eigenvalue weighted by Crippen LogP contribution is -2.26. The highest BCUT2D eigenvalue weighted by Gasteiger charge is 2.04. The Hall–Kier alpha value is -0.870. The fourth-order valence-electron chi connectivity index (χ4n) is 0.699. The second kappa shape index (κ2) is 3.69. The van der Waals surface area contributed by atoms with Crippen molar-refractivity contribution in [3.63, 3.8) is 0 Å². The average Bonchev–Trinajstić information content (AvgIpc) is 2.04. The topological polar surface area (TPSA) is 29.3 Å². The van der Waals surface area contributed by atoms with Crippen molar-refractivity contribution in [2.24, 2.45) is 5.73 Å². The number of anilines is 1. The normalized spacial score (nSPS) is 9.50. The Labute approximate surface area is 79.8 Å². The lowest BCUT2D eigenvalue weighted by Gasteiger charge is -2.12. The molecule has 0 fully saturated rings. The largest absolute Gasteiger partial charge is 0.375 e. The molecule has 0 saturated carbocycles. The molecule has 0 radical (unpaired) electrons. The summed E-state index contributed by atoms with van der Waals surface area (Å²) < 4.78 is 13.5. The molecule has 0 aliphatic heterocycles. The van der Waals surface area contributed by atoms with E-state index < -0.39 is 0 Å². The van der Waals surface area contributed by atoms with Gasteiger partial charge in [-0.15, -0.1) is 0 Å². The molecule has 0 aromatic heterocycles. The quantitative estimate of drug-likeness (QED) is 0.561. The van der Waals surface area contributed by atoms with Gasteiger partial charge in [-0.1, -0.05) is 0 Å². The van der Waals surface area contributed by atoms with E-state index in [1.165, 1.54) is 24.3 Å². The van der Waals surface area contributed by atoms with Gasteiger partial charge in [0.2, 0.25) is 0 Å². The molecule has 1 aromatic carbocycles. The minimum absolute atomic E-state index is 0.0308. The van der Waals surface area contributed by atoms with Gasteiger partial charge >= 0.3 is 0 Å². The average molecular weight is 205 g/mol. The molecule has 12 heavy (non-hydrogen) atoms. The van der Waals surface area contributed by atoms with Gasteiger partial charge in [-0.25, -0.2) is 8.81 Å². The molecule has 2 nitrogen and oxygen atoms in total. The third-order valence-electron chi connectivity index (χ3n) is 1.25. The summed E-state index contributed by atoms with van der Waals surface area (Å²) >= 11 is 10.2. The van der Waals surface area contributed by atoms with Gasteiger partial charge in [0.15, 0.2) is 5.11 Å². The summed E-state index contributed by atoms with van der Waals surface area (Å²) in [6, 6.07) is 5.54. The first kappa shape index (κ1) is 9.22. The molecular formula is C7H6ClFN2S. The van der Waals surface area contributed by atoms with Crippen LogP contribution in [0.5, 0.6) is 0 Å². The predicted octanol–water partition coefficient (Wildman–Crippen LogP) is 2.03. The van der Waals surface area contributed by atoms with Crippen molar-refractivity contribution in [2.75, 3.05) is 4.42 Å². The van der Waals surface area contributed by atoms with Crippen LogP contribution in [-0.2, 0) is 0 Å². The van der Waals surface area contributed by atoms with Crippen LogP contribution in [0.2, 0.25) is 0 Å². The van der Waals surface area contributed by atoms with Crippen molar-refractivity contribution in [3.8, 4) is 0 Å². The monoisotopic (exact) mass is 204 g/mol. The van der Waals surface area contributed by atoms with Gasteiger partial charge in [0.25, 0.3) is 0 Å². The number of hydrogen-bond acceptors (Lipinski definition) is 1. The van der Waals surface area contributed by atoms with Crippen molar-refractivity contribution in [3.05, 3.63) is 30.1 Å². The zero-order valence-electron chi connectivity index (χ0n) is 6.00. The number of nitrogens with zero attached hydrogens (tertiary/aromatic N) is 1. The summed E-state index contributed by atoms with van der Waals surface area (Å²) in [5, 5.41) is 0.0308. The molecule has 0 atom stereocenters. The summed E-state index contributed by atoms with van der Waals surface area (Å²) in [6.45, 7) is 0. The second-order valence-electron chi connectivity index (χ2n) is 2.10. The zero-order valence-corrected chi connectivity index (χ0v) is 7.57. The third-order valence-corrected chi connectivity index (χ3v) is 1.91. The first-order valence-electron chi connectivity index (χ1n) is 3.12. The predicted molar refractivity (Wildman–Crippen MR) is 51.5 cm³/mol. The van der Waals surface area contributed by atoms with Gasteiger partial charge in [0.1, 0.15) is 5.82 Å². The molecule has 0 aliphatic rings. The van der Waals surface area contributed by atoms with E-state index in [4.69, 9.17) is 17.5 Å². The summed E-state index contributed by atoms with van der Waals surface area (Å²) in [5.41, 5.74) is 5.78. The van der Waals surface area contributed by atoms with Crippen LogP contribution in [-0.4, -0.2) is 5.11 Å². The van der Waals surface area contributed by atoms with Gasteiger partial charge < -0.3 is 5.73 Å². The number of hydrogen-bond donors (Lipinski definition) is 1. The Morgan fingerprint density at radius 3 is 2.33 bits per heavy atom. The Morgan fingerprint density at radius 2 is 1.92 bits per heavy atom. The fraction of sp³-hybridized carbons (Fsp3) is 0. The van der Waals surface area contributed by atoms with Crippen molar-refractivity contribution in [2.45, 2.75) is 0 Å². The zero-order chi connectivity index (χ0) is 9.14. The molecule has 0 saturated heterocycles. The Balaban J connectivity index is 2.89. The highest BCUT2D eigenvalue weighted by molar-refractivity contribution is 7.80. The van der Waals surface area contributed by atoms with Crippen LogP contribution in [0.25, 0.3) is 0 Å². The minimum Gasteiger partial charge on any atom is -0.375 e. The molecular weight excluding hydrogens is 199 g/mol. The molecule has 5 heteroatoms. The summed E-state index contributed by atoms with van der Waals surface area (Å²) in [7, 11) is 0. The summed E-state index contributed by atoms with van der Waals surface area (Å²) in [4.78, 5) is 0. The maximum atomic E-state index is 12.4.